The minimum Gasteiger partial charge on any atom is -0.493 e. The van der Waals surface area contributed by atoms with Crippen LogP contribution in [0, 0.1) is 17.2 Å². The molecule has 0 saturated carbocycles. The standard InChI is InChI=1S/C14H18ClNO4S/c1-11(6-8-21(15,17)18)5-7-20-13-4-3-12(10-16)9-14(13)19-2/h3-4,9,11H,5-8H2,1-2H3. The van der Waals surface area contributed by atoms with Crippen molar-refractivity contribution < 1.29 is 17.9 Å². The summed E-state index contributed by atoms with van der Waals surface area (Å²) < 4.78 is 32.5. The first-order valence-electron chi connectivity index (χ1n) is 6.49. The largest absolute Gasteiger partial charge is 0.493 e. The second-order valence-electron chi connectivity index (χ2n) is 4.75. The Labute approximate surface area is 129 Å². The van der Waals surface area contributed by atoms with E-state index in [2.05, 4.69) is 0 Å². The highest BCUT2D eigenvalue weighted by atomic mass is 35.7. The second kappa shape index (κ2) is 8.11. The summed E-state index contributed by atoms with van der Waals surface area (Å²) in [4.78, 5) is 0. The highest BCUT2D eigenvalue weighted by Gasteiger charge is 2.11. The van der Waals surface area contributed by atoms with E-state index < -0.39 is 9.05 Å². The molecule has 7 heteroatoms. The summed E-state index contributed by atoms with van der Waals surface area (Å²) in [5.74, 6) is 1.22. The quantitative estimate of drug-likeness (QED) is 0.684. The average Bonchev–Trinajstić information content (AvgIpc) is 2.44. The number of rotatable bonds is 8. The lowest BCUT2D eigenvalue weighted by Crippen LogP contribution is -2.09. The Kier molecular flexibility index (Phi) is 6.79. The number of nitriles is 1. The molecule has 1 aromatic rings. The number of halogens is 1. The summed E-state index contributed by atoms with van der Waals surface area (Å²) in [7, 11) is 3.25. The lowest BCUT2D eigenvalue weighted by molar-refractivity contribution is 0.267. The van der Waals surface area contributed by atoms with Crippen molar-refractivity contribution in [3.8, 4) is 17.6 Å². The number of methoxy groups -OCH3 is 1. The third-order valence-electron chi connectivity index (χ3n) is 3.02. The Morgan fingerprint density at radius 2 is 2.05 bits per heavy atom. The number of hydrogen-bond donors (Lipinski definition) is 0. The fourth-order valence-corrected chi connectivity index (χ4v) is 2.66. The van der Waals surface area contributed by atoms with E-state index in [1.54, 1.807) is 18.2 Å². The van der Waals surface area contributed by atoms with E-state index in [0.29, 0.717) is 36.5 Å². The predicted molar refractivity (Wildman–Crippen MR) is 81.2 cm³/mol. The molecule has 116 valence electrons. The number of benzene rings is 1. The SMILES string of the molecule is COc1cc(C#N)ccc1OCCC(C)CCS(=O)(=O)Cl. The lowest BCUT2D eigenvalue weighted by atomic mass is 10.1. The summed E-state index contributed by atoms with van der Waals surface area (Å²) in [5.41, 5.74) is 0.500. The van der Waals surface area contributed by atoms with Crippen molar-refractivity contribution >= 4 is 19.7 Å². The molecule has 21 heavy (non-hydrogen) atoms. The summed E-state index contributed by atoms with van der Waals surface area (Å²) in [6.07, 6.45) is 1.20. The van der Waals surface area contributed by atoms with Crippen molar-refractivity contribution in [1.82, 2.24) is 0 Å². The normalized spacial score (nSPS) is 12.5. The van der Waals surface area contributed by atoms with Gasteiger partial charge in [-0.3, -0.25) is 0 Å². The van der Waals surface area contributed by atoms with Crippen LogP contribution in [-0.2, 0) is 9.05 Å². The van der Waals surface area contributed by atoms with Crippen LogP contribution in [0.5, 0.6) is 11.5 Å². The van der Waals surface area contributed by atoms with Gasteiger partial charge in [0.2, 0.25) is 9.05 Å². The number of nitrogens with zero attached hydrogens (tertiary/aromatic N) is 1. The molecule has 0 N–H and O–H groups in total. The van der Waals surface area contributed by atoms with Crippen LogP contribution in [-0.4, -0.2) is 27.9 Å². The number of ether oxygens (including phenoxy) is 2. The van der Waals surface area contributed by atoms with Crippen LogP contribution >= 0.6 is 10.7 Å². The van der Waals surface area contributed by atoms with Crippen LogP contribution in [0.3, 0.4) is 0 Å². The smallest absolute Gasteiger partial charge is 0.232 e. The molecule has 1 atom stereocenters. The first-order chi connectivity index (χ1) is 9.85. The molecule has 1 unspecified atom stereocenters. The molecular weight excluding hydrogens is 314 g/mol. The molecule has 5 nitrogen and oxygen atoms in total. The van der Waals surface area contributed by atoms with Crippen molar-refractivity contribution in [3.05, 3.63) is 23.8 Å². The molecule has 0 fully saturated rings. The van der Waals surface area contributed by atoms with Gasteiger partial charge in [-0.15, -0.1) is 0 Å². The molecule has 1 aromatic carbocycles. The van der Waals surface area contributed by atoms with Gasteiger partial charge in [-0.1, -0.05) is 6.92 Å². The summed E-state index contributed by atoms with van der Waals surface area (Å²) in [5, 5.41) is 8.82. The van der Waals surface area contributed by atoms with E-state index in [4.69, 9.17) is 25.4 Å². The molecule has 0 radical (unpaired) electrons. The molecule has 0 aliphatic carbocycles. The lowest BCUT2D eigenvalue weighted by Gasteiger charge is -2.13. The van der Waals surface area contributed by atoms with E-state index in [-0.39, 0.29) is 11.7 Å². The van der Waals surface area contributed by atoms with Gasteiger partial charge in [-0.25, -0.2) is 8.42 Å². The maximum Gasteiger partial charge on any atom is 0.232 e. The Balaban J connectivity index is 2.47. The maximum atomic E-state index is 10.9. The van der Waals surface area contributed by atoms with Crippen molar-refractivity contribution in [2.45, 2.75) is 19.8 Å². The zero-order valence-electron chi connectivity index (χ0n) is 12.0. The van der Waals surface area contributed by atoms with Gasteiger partial charge in [-0.05, 0) is 30.9 Å². The molecule has 0 aliphatic rings. The second-order valence-corrected chi connectivity index (χ2v) is 7.65. The third kappa shape index (κ3) is 6.69. The van der Waals surface area contributed by atoms with E-state index in [1.165, 1.54) is 7.11 Å². The fraction of sp³-hybridized carbons (Fsp3) is 0.500. The van der Waals surface area contributed by atoms with Crippen LogP contribution in [0.1, 0.15) is 25.3 Å². The van der Waals surface area contributed by atoms with Crippen molar-refractivity contribution in [3.63, 3.8) is 0 Å². The zero-order valence-corrected chi connectivity index (χ0v) is 13.6. The summed E-state index contributed by atoms with van der Waals surface area (Å²) in [6.45, 7) is 2.38. The van der Waals surface area contributed by atoms with Gasteiger partial charge in [0.15, 0.2) is 11.5 Å². The first kappa shape index (κ1) is 17.6. The fourth-order valence-electron chi connectivity index (χ4n) is 1.71. The molecule has 0 bridgehead atoms. The van der Waals surface area contributed by atoms with E-state index >= 15 is 0 Å². The summed E-state index contributed by atoms with van der Waals surface area (Å²) >= 11 is 0. The van der Waals surface area contributed by atoms with Gasteiger partial charge in [-0.2, -0.15) is 5.26 Å². The van der Waals surface area contributed by atoms with Gasteiger partial charge in [0, 0.05) is 16.7 Å². The van der Waals surface area contributed by atoms with Gasteiger partial charge in [0.25, 0.3) is 0 Å². The van der Waals surface area contributed by atoms with Crippen molar-refractivity contribution in [2.24, 2.45) is 5.92 Å². The molecule has 0 amide bonds. The molecule has 0 aromatic heterocycles. The van der Waals surface area contributed by atoms with Crippen molar-refractivity contribution in [2.75, 3.05) is 19.5 Å². The Morgan fingerprint density at radius 1 is 1.33 bits per heavy atom. The predicted octanol–water partition coefficient (Wildman–Crippen LogP) is 2.93. The van der Waals surface area contributed by atoms with Gasteiger partial charge in [0.05, 0.1) is 31.1 Å². The highest BCUT2D eigenvalue weighted by molar-refractivity contribution is 8.13. The highest BCUT2D eigenvalue weighted by Crippen LogP contribution is 2.28. The molecular formula is C14H18ClNO4S. The van der Waals surface area contributed by atoms with Gasteiger partial charge in [0.1, 0.15) is 0 Å². The van der Waals surface area contributed by atoms with Crippen LogP contribution in [0.2, 0.25) is 0 Å². The average molecular weight is 332 g/mol. The third-order valence-corrected chi connectivity index (χ3v) is 4.20. The van der Waals surface area contributed by atoms with E-state index in [1.807, 2.05) is 13.0 Å². The van der Waals surface area contributed by atoms with E-state index in [0.717, 1.165) is 0 Å². The monoisotopic (exact) mass is 331 g/mol. The topological polar surface area (TPSA) is 76.4 Å². The molecule has 0 heterocycles. The van der Waals surface area contributed by atoms with Crippen LogP contribution in [0.25, 0.3) is 0 Å². The number of hydrogen-bond acceptors (Lipinski definition) is 5. The first-order valence-corrected chi connectivity index (χ1v) is 8.97. The maximum absolute atomic E-state index is 10.9. The minimum absolute atomic E-state index is 0.0318. The molecule has 0 spiro atoms. The molecule has 0 saturated heterocycles. The minimum atomic E-state index is -3.43. The zero-order chi connectivity index (χ0) is 15.9. The van der Waals surface area contributed by atoms with Crippen LogP contribution in [0.15, 0.2) is 18.2 Å². The van der Waals surface area contributed by atoms with Gasteiger partial charge >= 0.3 is 0 Å². The molecule has 1 rings (SSSR count). The Hall–Kier alpha value is -1.45. The summed E-state index contributed by atoms with van der Waals surface area (Å²) in [6, 6.07) is 6.98. The Bertz CT molecular complexity index is 610. The van der Waals surface area contributed by atoms with Crippen LogP contribution < -0.4 is 9.47 Å². The van der Waals surface area contributed by atoms with Crippen LogP contribution in [0.4, 0.5) is 0 Å². The van der Waals surface area contributed by atoms with E-state index in [9.17, 15) is 8.42 Å². The Morgan fingerprint density at radius 3 is 2.62 bits per heavy atom. The van der Waals surface area contributed by atoms with Gasteiger partial charge < -0.3 is 9.47 Å². The molecule has 0 aliphatic heterocycles. The van der Waals surface area contributed by atoms with Crippen molar-refractivity contribution in [1.29, 1.82) is 5.26 Å².